The molecular formula is C8H13OS2. The van der Waals surface area contributed by atoms with Gasteiger partial charge in [0.2, 0.25) is 0 Å². The Kier molecular flexibility index (Phi) is 10.4. The van der Waals surface area contributed by atoms with Gasteiger partial charge in [0.05, 0.1) is 6.61 Å². The van der Waals surface area contributed by atoms with E-state index < -0.39 is 0 Å². The maximum absolute atomic E-state index is 5.26. The molecule has 0 heterocycles. The Labute approximate surface area is 78.1 Å². The van der Waals surface area contributed by atoms with Crippen molar-refractivity contribution in [1.82, 2.24) is 0 Å². The van der Waals surface area contributed by atoms with Crippen LogP contribution in [0.5, 0.6) is 0 Å². The average Bonchev–Trinajstić information content (AvgIpc) is 2.03. The maximum Gasteiger partial charge on any atom is 0.0565 e. The van der Waals surface area contributed by atoms with Gasteiger partial charge in [-0.05, 0) is 24.5 Å². The fraction of sp³-hybridized carbons (Fsp3) is 0.750. The van der Waals surface area contributed by atoms with Crippen LogP contribution in [0.15, 0.2) is 0 Å². The number of ether oxygens (including phenoxy) is 1. The molecule has 0 aromatic rings. The number of rotatable bonds is 7. The van der Waals surface area contributed by atoms with Crippen LogP contribution in [-0.2, 0) is 4.74 Å². The molecule has 0 fully saturated rings. The first kappa shape index (κ1) is 11.2. The van der Waals surface area contributed by atoms with E-state index >= 15 is 0 Å². The Bertz CT molecular complexity index is 109. The van der Waals surface area contributed by atoms with Crippen LogP contribution in [-0.4, -0.2) is 19.0 Å². The Morgan fingerprint density at radius 2 is 2.18 bits per heavy atom. The highest BCUT2D eigenvalue weighted by Crippen LogP contribution is 2.03. The van der Waals surface area contributed by atoms with Crippen LogP contribution < -0.4 is 0 Å². The van der Waals surface area contributed by atoms with Crippen LogP contribution in [0.1, 0.15) is 19.3 Å². The first-order valence-electron chi connectivity index (χ1n) is 3.67. The van der Waals surface area contributed by atoms with Crippen molar-refractivity contribution in [2.24, 2.45) is 0 Å². The highest BCUT2D eigenvalue weighted by molar-refractivity contribution is 8.68. The van der Waals surface area contributed by atoms with Crippen molar-refractivity contribution < 1.29 is 4.74 Å². The fourth-order valence-corrected chi connectivity index (χ4v) is 1.02. The molecule has 3 heteroatoms. The van der Waals surface area contributed by atoms with Crippen LogP contribution in [0.3, 0.4) is 0 Å². The third-order valence-corrected chi connectivity index (χ3v) is 2.00. The summed E-state index contributed by atoms with van der Waals surface area (Å²) >= 11 is 4.68. The summed E-state index contributed by atoms with van der Waals surface area (Å²) in [6, 6.07) is 0. The van der Waals surface area contributed by atoms with Crippen molar-refractivity contribution >= 4 is 22.5 Å². The van der Waals surface area contributed by atoms with E-state index in [9.17, 15) is 0 Å². The van der Waals surface area contributed by atoms with Gasteiger partial charge >= 0.3 is 0 Å². The van der Waals surface area contributed by atoms with E-state index in [0.29, 0.717) is 0 Å². The number of hydrogen-bond donors (Lipinski definition) is 0. The Morgan fingerprint density at radius 3 is 2.82 bits per heavy atom. The van der Waals surface area contributed by atoms with Gasteiger partial charge in [0.1, 0.15) is 0 Å². The molecule has 0 N–H and O–H groups in total. The van der Waals surface area contributed by atoms with Crippen LogP contribution in [0.25, 0.3) is 0 Å². The summed E-state index contributed by atoms with van der Waals surface area (Å²) in [4.78, 5) is 0. The fourth-order valence-electron chi connectivity index (χ4n) is 0.626. The summed E-state index contributed by atoms with van der Waals surface area (Å²) in [5.74, 6) is 3.50. The first-order valence-corrected chi connectivity index (χ1v) is 5.59. The van der Waals surface area contributed by atoms with Gasteiger partial charge < -0.3 is 4.74 Å². The van der Waals surface area contributed by atoms with E-state index in [2.05, 4.69) is 17.6 Å². The smallest absolute Gasteiger partial charge is 0.0565 e. The summed E-state index contributed by atoms with van der Waals surface area (Å²) in [6.07, 6.45) is 8.07. The van der Waals surface area contributed by atoms with Gasteiger partial charge in [0, 0.05) is 18.8 Å². The number of unbranched alkanes of at least 4 members (excludes halogenated alkanes) is 2. The second-order valence-corrected chi connectivity index (χ2v) is 3.45. The zero-order valence-electron chi connectivity index (χ0n) is 6.54. The van der Waals surface area contributed by atoms with E-state index in [0.717, 1.165) is 38.2 Å². The minimum atomic E-state index is 0.768. The van der Waals surface area contributed by atoms with E-state index in [4.69, 9.17) is 11.2 Å². The highest BCUT2D eigenvalue weighted by atomic mass is 33.1. The van der Waals surface area contributed by atoms with Crippen molar-refractivity contribution in [1.29, 1.82) is 0 Å². The lowest BCUT2D eigenvalue weighted by Gasteiger charge is -2.00. The highest BCUT2D eigenvalue weighted by Gasteiger charge is 1.88. The van der Waals surface area contributed by atoms with Crippen molar-refractivity contribution in [3.63, 3.8) is 0 Å². The predicted molar refractivity (Wildman–Crippen MR) is 53.6 cm³/mol. The third kappa shape index (κ3) is 10.2. The van der Waals surface area contributed by atoms with Gasteiger partial charge in [-0.25, -0.2) is 0 Å². The topological polar surface area (TPSA) is 9.23 Å². The van der Waals surface area contributed by atoms with Crippen LogP contribution in [0.4, 0.5) is 0 Å². The minimum Gasteiger partial charge on any atom is -0.381 e. The molecule has 11 heavy (non-hydrogen) atoms. The van der Waals surface area contributed by atoms with E-state index in [1.807, 2.05) is 0 Å². The Hall–Kier alpha value is 0.220. The molecule has 0 spiro atoms. The molecule has 0 unspecified atom stereocenters. The molecule has 0 amide bonds. The van der Waals surface area contributed by atoms with Crippen molar-refractivity contribution in [3.05, 3.63) is 0 Å². The Morgan fingerprint density at radius 1 is 1.36 bits per heavy atom. The molecule has 0 aliphatic rings. The van der Waals surface area contributed by atoms with Gasteiger partial charge in [-0.2, -0.15) is 0 Å². The monoisotopic (exact) mass is 189 g/mol. The SMILES string of the molecule is C#CCCCCOCCS[S]. The quantitative estimate of drug-likeness (QED) is 0.346. The molecule has 0 saturated carbocycles. The van der Waals surface area contributed by atoms with Gasteiger partial charge in [-0.3, -0.25) is 0 Å². The molecule has 0 atom stereocenters. The number of hydrogen-bond acceptors (Lipinski definition) is 2. The van der Waals surface area contributed by atoms with Crippen molar-refractivity contribution in [3.8, 4) is 12.3 Å². The molecular weight excluding hydrogens is 176 g/mol. The normalized spacial score (nSPS) is 9.45. The number of terminal acetylenes is 1. The third-order valence-electron chi connectivity index (χ3n) is 1.17. The molecule has 1 nitrogen and oxygen atoms in total. The van der Waals surface area contributed by atoms with Gasteiger partial charge in [-0.1, -0.05) is 10.8 Å². The summed E-state index contributed by atoms with van der Waals surface area (Å²) in [6.45, 7) is 1.59. The average molecular weight is 189 g/mol. The molecule has 0 aliphatic carbocycles. The second kappa shape index (κ2) is 10.2. The van der Waals surface area contributed by atoms with E-state index in [1.54, 1.807) is 0 Å². The summed E-state index contributed by atoms with van der Waals surface area (Å²) in [5, 5.41) is 0. The Balaban J connectivity index is 2.75. The van der Waals surface area contributed by atoms with E-state index in [-0.39, 0.29) is 0 Å². The molecule has 0 rings (SSSR count). The molecule has 63 valence electrons. The van der Waals surface area contributed by atoms with Gasteiger partial charge in [0.15, 0.2) is 0 Å². The molecule has 0 aromatic heterocycles. The van der Waals surface area contributed by atoms with Crippen LogP contribution in [0.2, 0.25) is 0 Å². The molecule has 0 aromatic carbocycles. The van der Waals surface area contributed by atoms with Crippen molar-refractivity contribution in [2.75, 3.05) is 19.0 Å². The van der Waals surface area contributed by atoms with E-state index in [1.165, 1.54) is 10.8 Å². The van der Waals surface area contributed by atoms with Crippen LogP contribution >= 0.6 is 22.5 Å². The zero-order chi connectivity index (χ0) is 8.36. The second-order valence-electron chi connectivity index (χ2n) is 2.10. The molecule has 1 radical (unpaired) electrons. The predicted octanol–water partition coefficient (Wildman–Crippen LogP) is 2.65. The minimum absolute atomic E-state index is 0.768. The maximum atomic E-state index is 5.26. The summed E-state index contributed by atoms with van der Waals surface area (Å²) in [7, 11) is 1.40. The molecule has 0 bridgehead atoms. The largest absolute Gasteiger partial charge is 0.381 e. The standard InChI is InChI=1S/C8H13OS2/c1-2-3-4-5-6-9-7-8-11-10/h1H,3-8H2. The summed E-state index contributed by atoms with van der Waals surface area (Å²) < 4.78 is 5.26. The lowest BCUT2D eigenvalue weighted by atomic mass is 10.2. The lowest BCUT2D eigenvalue weighted by Crippen LogP contribution is -1.97. The molecule has 0 aliphatic heterocycles. The van der Waals surface area contributed by atoms with Gasteiger partial charge in [0.25, 0.3) is 0 Å². The van der Waals surface area contributed by atoms with Gasteiger partial charge in [-0.15, -0.1) is 12.3 Å². The lowest BCUT2D eigenvalue weighted by molar-refractivity contribution is 0.146. The first-order chi connectivity index (χ1) is 5.41. The van der Waals surface area contributed by atoms with Crippen LogP contribution in [0, 0.1) is 12.3 Å². The van der Waals surface area contributed by atoms with Crippen molar-refractivity contribution in [2.45, 2.75) is 19.3 Å². The molecule has 0 saturated heterocycles. The zero-order valence-corrected chi connectivity index (χ0v) is 8.18. The summed E-state index contributed by atoms with van der Waals surface area (Å²) in [5.41, 5.74) is 0.